The Labute approximate surface area is 127 Å². The van der Waals surface area contributed by atoms with E-state index in [1.807, 2.05) is 30.3 Å². The molecular weight excluding hydrogens is 340 g/mol. The van der Waals surface area contributed by atoms with E-state index in [1.54, 1.807) is 6.20 Å². The molecule has 2 aromatic rings. The van der Waals surface area contributed by atoms with Crippen LogP contribution in [0.2, 0.25) is 0 Å². The number of halogens is 1. The van der Waals surface area contributed by atoms with E-state index in [0.29, 0.717) is 11.0 Å². The first-order chi connectivity index (χ1) is 9.58. The van der Waals surface area contributed by atoms with Crippen molar-refractivity contribution in [1.82, 2.24) is 9.71 Å². The van der Waals surface area contributed by atoms with Gasteiger partial charge >= 0.3 is 0 Å². The predicted molar refractivity (Wildman–Crippen MR) is 81.9 cm³/mol. The van der Waals surface area contributed by atoms with E-state index in [9.17, 15) is 8.42 Å². The van der Waals surface area contributed by atoms with Gasteiger partial charge in [0.2, 0.25) is 10.0 Å². The summed E-state index contributed by atoms with van der Waals surface area (Å²) in [6.45, 7) is 0.406. The molecule has 0 atom stereocenters. The van der Waals surface area contributed by atoms with Gasteiger partial charge in [-0.3, -0.25) is 4.98 Å². The van der Waals surface area contributed by atoms with Gasteiger partial charge < -0.3 is 0 Å². The van der Waals surface area contributed by atoms with Crippen LogP contribution in [0, 0.1) is 0 Å². The molecule has 0 unspecified atom stereocenters. The highest BCUT2D eigenvalue weighted by molar-refractivity contribution is 9.10. The van der Waals surface area contributed by atoms with Crippen molar-refractivity contribution >= 4 is 26.0 Å². The van der Waals surface area contributed by atoms with Crippen LogP contribution in [0.25, 0.3) is 0 Å². The van der Waals surface area contributed by atoms with Crippen molar-refractivity contribution < 1.29 is 8.42 Å². The molecule has 4 nitrogen and oxygen atoms in total. The third-order valence-corrected chi connectivity index (χ3v) is 4.63. The normalized spacial score (nSPS) is 11.4. The second-order valence-corrected chi connectivity index (χ2v) is 7.01. The Kier molecular flexibility index (Phi) is 5.28. The quantitative estimate of drug-likeness (QED) is 0.811. The van der Waals surface area contributed by atoms with Crippen molar-refractivity contribution in [3.63, 3.8) is 0 Å². The molecule has 106 valence electrons. The van der Waals surface area contributed by atoms with Crippen LogP contribution in [0.3, 0.4) is 0 Å². The first-order valence-corrected chi connectivity index (χ1v) is 8.50. The lowest BCUT2D eigenvalue weighted by Crippen LogP contribution is -2.25. The number of nitrogens with one attached hydrogen (secondary N) is 1. The number of benzene rings is 1. The molecule has 0 aliphatic carbocycles. The molecule has 0 saturated carbocycles. The summed E-state index contributed by atoms with van der Waals surface area (Å²) in [5.74, 6) is 0. The van der Waals surface area contributed by atoms with Crippen LogP contribution in [-0.4, -0.2) is 19.9 Å². The number of pyridine rings is 1. The lowest BCUT2D eigenvalue weighted by atomic mass is 10.1. The van der Waals surface area contributed by atoms with Gasteiger partial charge in [0.25, 0.3) is 0 Å². The fourth-order valence-corrected chi connectivity index (χ4v) is 3.34. The van der Waals surface area contributed by atoms with Gasteiger partial charge in [-0.05, 0) is 40.4 Å². The van der Waals surface area contributed by atoms with Gasteiger partial charge in [-0.1, -0.05) is 30.3 Å². The minimum Gasteiger partial charge on any atom is -0.262 e. The number of aryl methyl sites for hydroxylation is 1. The summed E-state index contributed by atoms with van der Waals surface area (Å²) in [7, 11) is -3.48. The van der Waals surface area contributed by atoms with Crippen LogP contribution in [0.1, 0.15) is 12.0 Å². The molecule has 0 saturated heterocycles. The van der Waals surface area contributed by atoms with Crippen LogP contribution in [0.5, 0.6) is 0 Å². The molecule has 0 spiro atoms. The summed E-state index contributed by atoms with van der Waals surface area (Å²) >= 11 is 3.21. The molecule has 2 rings (SSSR count). The highest BCUT2D eigenvalue weighted by Gasteiger charge is 2.13. The molecule has 1 N–H and O–H groups in total. The van der Waals surface area contributed by atoms with E-state index in [1.165, 1.54) is 17.8 Å². The Morgan fingerprint density at radius 1 is 1.15 bits per heavy atom. The van der Waals surface area contributed by atoms with Gasteiger partial charge in [-0.25, -0.2) is 13.1 Å². The first-order valence-electron chi connectivity index (χ1n) is 6.22. The summed E-state index contributed by atoms with van der Waals surface area (Å²) in [6.07, 6.45) is 4.49. The average Bonchev–Trinajstić information content (AvgIpc) is 2.45. The zero-order valence-electron chi connectivity index (χ0n) is 10.8. The first kappa shape index (κ1) is 15.2. The van der Waals surface area contributed by atoms with Crippen molar-refractivity contribution in [2.75, 3.05) is 6.54 Å². The molecule has 0 aliphatic heterocycles. The Morgan fingerprint density at radius 2 is 1.90 bits per heavy atom. The molecule has 6 heteroatoms. The third-order valence-electron chi connectivity index (χ3n) is 2.77. The standard InChI is InChI=1S/C14H15BrN2O2S/c15-13-9-14(11-16-10-13)20(18,19)17-8-4-7-12-5-2-1-3-6-12/h1-3,5-6,9-11,17H,4,7-8H2. The molecule has 0 fully saturated rings. The molecule has 0 aliphatic rings. The summed E-state index contributed by atoms with van der Waals surface area (Å²) in [6, 6.07) is 11.5. The van der Waals surface area contributed by atoms with Crippen LogP contribution < -0.4 is 4.72 Å². The monoisotopic (exact) mass is 354 g/mol. The Bertz CT molecular complexity index is 660. The molecule has 1 aromatic heterocycles. The summed E-state index contributed by atoms with van der Waals surface area (Å²) in [4.78, 5) is 4.03. The smallest absolute Gasteiger partial charge is 0.242 e. The van der Waals surface area contributed by atoms with Gasteiger partial charge in [-0.15, -0.1) is 0 Å². The summed E-state index contributed by atoms with van der Waals surface area (Å²) in [5.41, 5.74) is 1.20. The maximum atomic E-state index is 12.0. The number of nitrogens with zero attached hydrogens (tertiary/aromatic N) is 1. The van der Waals surface area contributed by atoms with Crippen molar-refractivity contribution in [1.29, 1.82) is 0 Å². The highest BCUT2D eigenvalue weighted by atomic mass is 79.9. The molecule has 0 amide bonds. The van der Waals surface area contributed by atoms with E-state index in [4.69, 9.17) is 0 Å². The Balaban J connectivity index is 1.87. The lowest BCUT2D eigenvalue weighted by Gasteiger charge is -2.06. The Morgan fingerprint density at radius 3 is 2.60 bits per heavy atom. The minimum absolute atomic E-state index is 0.173. The number of aromatic nitrogens is 1. The van der Waals surface area contributed by atoms with E-state index in [2.05, 4.69) is 25.6 Å². The molecule has 0 bridgehead atoms. The Hall–Kier alpha value is -1.24. The van der Waals surface area contributed by atoms with Crippen molar-refractivity contribution in [3.8, 4) is 0 Å². The van der Waals surface area contributed by atoms with Gasteiger partial charge in [0.1, 0.15) is 4.90 Å². The van der Waals surface area contributed by atoms with Gasteiger partial charge in [-0.2, -0.15) is 0 Å². The van der Waals surface area contributed by atoms with E-state index in [-0.39, 0.29) is 4.90 Å². The van der Waals surface area contributed by atoms with Crippen LogP contribution in [0.15, 0.2) is 58.2 Å². The van der Waals surface area contributed by atoms with Crippen molar-refractivity contribution in [3.05, 3.63) is 58.8 Å². The number of hydrogen-bond acceptors (Lipinski definition) is 3. The number of sulfonamides is 1. The fourth-order valence-electron chi connectivity index (χ4n) is 1.77. The fraction of sp³-hybridized carbons (Fsp3) is 0.214. The second kappa shape index (κ2) is 6.97. The maximum absolute atomic E-state index is 12.0. The predicted octanol–water partition coefficient (Wildman–Crippen LogP) is 2.76. The molecule has 1 heterocycles. The highest BCUT2D eigenvalue weighted by Crippen LogP contribution is 2.14. The van der Waals surface area contributed by atoms with Crippen LogP contribution in [0.4, 0.5) is 0 Å². The van der Waals surface area contributed by atoms with Crippen molar-refractivity contribution in [2.45, 2.75) is 17.7 Å². The molecule has 1 aromatic carbocycles. The minimum atomic E-state index is -3.48. The van der Waals surface area contributed by atoms with E-state index in [0.717, 1.165) is 12.8 Å². The number of rotatable bonds is 6. The van der Waals surface area contributed by atoms with Crippen LogP contribution in [-0.2, 0) is 16.4 Å². The van der Waals surface area contributed by atoms with E-state index < -0.39 is 10.0 Å². The van der Waals surface area contributed by atoms with Gasteiger partial charge in [0.05, 0.1) is 0 Å². The molecular formula is C14H15BrN2O2S. The zero-order valence-corrected chi connectivity index (χ0v) is 13.2. The average molecular weight is 355 g/mol. The molecule has 0 radical (unpaired) electrons. The van der Waals surface area contributed by atoms with E-state index >= 15 is 0 Å². The second-order valence-electron chi connectivity index (χ2n) is 4.33. The summed E-state index contributed by atoms with van der Waals surface area (Å²) in [5, 5.41) is 0. The van der Waals surface area contributed by atoms with Gasteiger partial charge in [0.15, 0.2) is 0 Å². The molecule has 20 heavy (non-hydrogen) atoms. The lowest BCUT2D eigenvalue weighted by molar-refractivity contribution is 0.578. The van der Waals surface area contributed by atoms with Crippen molar-refractivity contribution in [2.24, 2.45) is 0 Å². The van der Waals surface area contributed by atoms with Crippen LogP contribution >= 0.6 is 15.9 Å². The SMILES string of the molecule is O=S(=O)(NCCCc1ccccc1)c1cncc(Br)c1. The van der Waals surface area contributed by atoms with Gasteiger partial charge in [0, 0.05) is 23.4 Å². The maximum Gasteiger partial charge on any atom is 0.242 e. The third kappa shape index (κ3) is 4.40. The largest absolute Gasteiger partial charge is 0.262 e. The summed E-state index contributed by atoms with van der Waals surface area (Å²) < 4.78 is 27.3. The topological polar surface area (TPSA) is 59.1 Å². The zero-order chi connectivity index (χ0) is 14.4. The number of hydrogen-bond donors (Lipinski definition) is 1.